The fourth-order valence-electron chi connectivity index (χ4n) is 3.01. The zero-order valence-corrected chi connectivity index (χ0v) is 10.9. The van der Waals surface area contributed by atoms with E-state index in [9.17, 15) is 4.79 Å². The Bertz CT molecular complexity index is 291. The van der Waals surface area contributed by atoms with Gasteiger partial charge in [-0.25, -0.2) is 0 Å². The highest BCUT2D eigenvalue weighted by Gasteiger charge is 2.46. The normalized spacial score (nSPS) is 33.1. The molecule has 0 heterocycles. The summed E-state index contributed by atoms with van der Waals surface area (Å²) in [6.45, 7) is 5.51. The molecule has 2 aliphatic rings. The van der Waals surface area contributed by atoms with Gasteiger partial charge < -0.3 is 10.5 Å². The van der Waals surface area contributed by atoms with Gasteiger partial charge in [0.15, 0.2) is 0 Å². The van der Waals surface area contributed by atoms with Gasteiger partial charge in [-0.3, -0.25) is 9.69 Å². The second kappa shape index (κ2) is 4.94. The Morgan fingerprint density at radius 3 is 2.59 bits per heavy atom. The number of hydrogen-bond acceptors (Lipinski definition) is 4. The van der Waals surface area contributed by atoms with Crippen LogP contribution in [0.15, 0.2) is 0 Å². The Balaban J connectivity index is 1.95. The predicted molar refractivity (Wildman–Crippen MR) is 66.6 cm³/mol. The topological polar surface area (TPSA) is 55.6 Å². The Labute approximate surface area is 103 Å². The first-order valence-corrected chi connectivity index (χ1v) is 6.82. The lowest BCUT2D eigenvalue weighted by atomic mass is 9.99. The van der Waals surface area contributed by atoms with Crippen LogP contribution >= 0.6 is 0 Å². The molecule has 17 heavy (non-hydrogen) atoms. The van der Waals surface area contributed by atoms with Crippen molar-refractivity contribution in [3.8, 4) is 0 Å². The zero-order valence-electron chi connectivity index (χ0n) is 10.9. The van der Waals surface area contributed by atoms with Gasteiger partial charge in [-0.05, 0) is 45.6 Å². The number of carbonyl (C=O) groups is 1. The number of nitrogens with two attached hydrogens (primary N) is 1. The van der Waals surface area contributed by atoms with Crippen molar-refractivity contribution in [3.63, 3.8) is 0 Å². The monoisotopic (exact) mass is 240 g/mol. The van der Waals surface area contributed by atoms with E-state index in [0.29, 0.717) is 12.6 Å². The summed E-state index contributed by atoms with van der Waals surface area (Å²) in [5.41, 5.74) is 5.46. The Kier molecular flexibility index (Phi) is 3.73. The SMILES string of the molecule is CCOC(=O)C1(N)CCC(N(CC)C2CC2)C1. The van der Waals surface area contributed by atoms with E-state index < -0.39 is 5.54 Å². The van der Waals surface area contributed by atoms with Crippen LogP contribution in [0, 0.1) is 0 Å². The summed E-state index contributed by atoms with van der Waals surface area (Å²) < 4.78 is 5.08. The molecule has 2 rings (SSSR count). The molecule has 2 N–H and O–H groups in total. The largest absolute Gasteiger partial charge is 0.465 e. The van der Waals surface area contributed by atoms with Crippen molar-refractivity contribution in [2.45, 2.75) is 63.6 Å². The molecule has 0 bridgehead atoms. The van der Waals surface area contributed by atoms with Crippen LogP contribution in [0.3, 0.4) is 0 Å². The van der Waals surface area contributed by atoms with Gasteiger partial charge in [-0.2, -0.15) is 0 Å². The van der Waals surface area contributed by atoms with E-state index in [1.54, 1.807) is 0 Å². The Hall–Kier alpha value is -0.610. The molecule has 0 saturated heterocycles. The first-order valence-electron chi connectivity index (χ1n) is 6.82. The van der Waals surface area contributed by atoms with Gasteiger partial charge in [-0.1, -0.05) is 6.92 Å². The Morgan fingerprint density at radius 1 is 1.35 bits per heavy atom. The van der Waals surface area contributed by atoms with Crippen molar-refractivity contribution < 1.29 is 9.53 Å². The molecule has 2 atom stereocenters. The van der Waals surface area contributed by atoms with E-state index in [1.165, 1.54) is 12.8 Å². The fraction of sp³-hybridized carbons (Fsp3) is 0.923. The van der Waals surface area contributed by atoms with Crippen LogP contribution in [0.2, 0.25) is 0 Å². The fourth-order valence-corrected chi connectivity index (χ4v) is 3.01. The molecule has 2 fully saturated rings. The summed E-state index contributed by atoms with van der Waals surface area (Å²) in [5, 5.41) is 0. The van der Waals surface area contributed by atoms with Crippen molar-refractivity contribution in [2.75, 3.05) is 13.2 Å². The maximum absolute atomic E-state index is 11.8. The van der Waals surface area contributed by atoms with Gasteiger partial charge >= 0.3 is 5.97 Å². The lowest BCUT2D eigenvalue weighted by molar-refractivity contribution is -0.149. The van der Waals surface area contributed by atoms with E-state index in [4.69, 9.17) is 10.5 Å². The molecule has 0 radical (unpaired) electrons. The average Bonchev–Trinajstić information content (AvgIpc) is 3.04. The molecule has 0 aromatic carbocycles. The molecule has 4 heteroatoms. The highest BCUT2D eigenvalue weighted by molar-refractivity contribution is 5.81. The van der Waals surface area contributed by atoms with Crippen molar-refractivity contribution in [1.29, 1.82) is 0 Å². The van der Waals surface area contributed by atoms with Crippen LogP contribution in [0.5, 0.6) is 0 Å². The molecule has 0 aromatic rings. The highest BCUT2D eigenvalue weighted by Crippen LogP contribution is 2.37. The van der Waals surface area contributed by atoms with Crippen LogP contribution < -0.4 is 5.73 Å². The van der Waals surface area contributed by atoms with E-state index in [2.05, 4.69) is 11.8 Å². The highest BCUT2D eigenvalue weighted by atomic mass is 16.5. The number of hydrogen-bond donors (Lipinski definition) is 1. The predicted octanol–water partition coefficient (Wildman–Crippen LogP) is 1.28. The lowest BCUT2D eigenvalue weighted by Gasteiger charge is -2.29. The van der Waals surface area contributed by atoms with Crippen LogP contribution in [0.1, 0.15) is 46.0 Å². The van der Waals surface area contributed by atoms with Crippen molar-refractivity contribution in [1.82, 2.24) is 4.90 Å². The number of nitrogens with zero attached hydrogens (tertiary/aromatic N) is 1. The van der Waals surface area contributed by atoms with Gasteiger partial charge in [0, 0.05) is 12.1 Å². The molecule has 0 spiro atoms. The minimum atomic E-state index is -0.733. The molecule has 4 nitrogen and oxygen atoms in total. The molecule has 2 saturated carbocycles. The summed E-state index contributed by atoms with van der Waals surface area (Å²) in [4.78, 5) is 14.4. The maximum atomic E-state index is 11.8. The zero-order chi connectivity index (χ0) is 12.5. The summed E-state index contributed by atoms with van der Waals surface area (Å²) in [6, 6.07) is 1.22. The molecular weight excluding hydrogens is 216 g/mol. The summed E-state index contributed by atoms with van der Waals surface area (Å²) in [7, 11) is 0. The van der Waals surface area contributed by atoms with Crippen LogP contribution in [0.4, 0.5) is 0 Å². The molecule has 2 unspecified atom stereocenters. The number of ether oxygens (including phenoxy) is 1. The van der Waals surface area contributed by atoms with Crippen molar-refractivity contribution in [2.24, 2.45) is 5.73 Å². The molecular formula is C13H24N2O2. The average molecular weight is 240 g/mol. The van der Waals surface area contributed by atoms with E-state index in [1.807, 2.05) is 6.92 Å². The minimum Gasteiger partial charge on any atom is -0.465 e. The van der Waals surface area contributed by atoms with Gasteiger partial charge in [0.05, 0.1) is 6.61 Å². The van der Waals surface area contributed by atoms with Crippen molar-refractivity contribution in [3.05, 3.63) is 0 Å². The number of esters is 1. The third-order valence-electron chi connectivity index (χ3n) is 4.06. The summed E-state index contributed by atoms with van der Waals surface area (Å²) in [6.07, 6.45) is 5.16. The standard InChI is InChI=1S/C13H24N2O2/c1-3-15(10-5-6-10)11-7-8-13(14,9-11)12(16)17-4-2/h10-11H,3-9,14H2,1-2H3. The number of rotatable bonds is 5. The maximum Gasteiger partial charge on any atom is 0.326 e. The molecule has 0 aromatic heterocycles. The van der Waals surface area contributed by atoms with E-state index in [-0.39, 0.29) is 5.97 Å². The van der Waals surface area contributed by atoms with Gasteiger partial charge in [-0.15, -0.1) is 0 Å². The Morgan fingerprint density at radius 2 is 2.06 bits per heavy atom. The molecule has 98 valence electrons. The smallest absolute Gasteiger partial charge is 0.326 e. The number of carbonyl (C=O) groups excluding carboxylic acids is 1. The molecule has 2 aliphatic carbocycles. The van der Waals surface area contributed by atoms with E-state index in [0.717, 1.165) is 31.8 Å². The second-order valence-corrected chi connectivity index (χ2v) is 5.33. The van der Waals surface area contributed by atoms with E-state index >= 15 is 0 Å². The second-order valence-electron chi connectivity index (χ2n) is 5.33. The lowest BCUT2D eigenvalue weighted by Crippen LogP contribution is -2.48. The first kappa shape index (κ1) is 12.8. The van der Waals surface area contributed by atoms with Crippen LogP contribution in [0.25, 0.3) is 0 Å². The van der Waals surface area contributed by atoms with Crippen LogP contribution in [-0.2, 0) is 9.53 Å². The first-order chi connectivity index (χ1) is 8.10. The van der Waals surface area contributed by atoms with Gasteiger partial charge in [0.25, 0.3) is 0 Å². The summed E-state index contributed by atoms with van der Waals surface area (Å²) in [5.74, 6) is -0.214. The third-order valence-corrected chi connectivity index (χ3v) is 4.06. The quantitative estimate of drug-likeness (QED) is 0.736. The van der Waals surface area contributed by atoms with Gasteiger partial charge in [0.2, 0.25) is 0 Å². The summed E-state index contributed by atoms with van der Waals surface area (Å²) >= 11 is 0. The van der Waals surface area contributed by atoms with Gasteiger partial charge in [0.1, 0.15) is 5.54 Å². The van der Waals surface area contributed by atoms with Crippen molar-refractivity contribution >= 4 is 5.97 Å². The molecule has 0 aliphatic heterocycles. The minimum absolute atomic E-state index is 0.214. The third kappa shape index (κ3) is 2.63. The molecule has 0 amide bonds. The van der Waals surface area contributed by atoms with Crippen LogP contribution in [-0.4, -0.2) is 41.6 Å².